The van der Waals surface area contributed by atoms with Crippen molar-refractivity contribution in [3.05, 3.63) is 30.0 Å². The van der Waals surface area contributed by atoms with Crippen LogP contribution < -0.4 is 4.74 Å². The topological polar surface area (TPSA) is 22.1 Å². The van der Waals surface area contributed by atoms with Gasteiger partial charge in [0.2, 0.25) is 5.88 Å². The molecular formula is C9H11NO. The second kappa shape index (κ2) is 3.76. The van der Waals surface area contributed by atoms with Crippen LogP contribution in [0.4, 0.5) is 0 Å². The molecule has 2 nitrogen and oxygen atoms in total. The quantitative estimate of drug-likeness (QED) is 0.642. The normalized spacial score (nSPS) is 10.4. The van der Waals surface area contributed by atoms with E-state index in [0.717, 1.165) is 5.56 Å². The molecule has 2 heteroatoms. The molecule has 0 aliphatic carbocycles. The summed E-state index contributed by atoms with van der Waals surface area (Å²) in [5.41, 5.74) is 1.01. The third-order valence-electron chi connectivity index (χ3n) is 1.34. The molecule has 0 fully saturated rings. The molecule has 0 amide bonds. The molecule has 1 heterocycles. The summed E-state index contributed by atoms with van der Waals surface area (Å²) >= 11 is 0. The van der Waals surface area contributed by atoms with Gasteiger partial charge in [0.15, 0.2) is 0 Å². The summed E-state index contributed by atoms with van der Waals surface area (Å²) < 4.78 is 5.04. The van der Waals surface area contributed by atoms with Crippen molar-refractivity contribution in [1.29, 1.82) is 0 Å². The molecule has 0 N–H and O–H groups in total. The molecule has 0 radical (unpaired) electrons. The van der Waals surface area contributed by atoms with Gasteiger partial charge in [-0.25, -0.2) is 4.98 Å². The first kappa shape index (κ1) is 7.79. The fourth-order valence-electron chi connectivity index (χ4n) is 0.880. The summed E-state index contributed by atoms with van der Waals surface area (Å²) in [6.07, 6.45) is 5.64. The van der Waals surface area contributed by atoms with Crippen molar-refractivity contribution in [2.45, 2.75) is 6.92 Å². The predicted octanol–water partition coefficient (Wildman–Crippen LogP) is 2.12. The van der Waals surface area contributed by atoms with E-state index < -0.39 is 0 Å². The van der Waals surface area contributed by atoms with Crippen molar-refractivity contribution in [2.75, 3.05) is 7.11 Å². The smallest absolute Gasteiger partial charge is 0.220 e. The van der Waals surface area contributed by atoms with Crippen LogP contribution in [0.1, 0.15) is 12.5 Å². The summed E-state index contributed by atoms with van der Waals surface area (Å²) in [6, 6.07) is 3.85. The van der Waals surface area contributed by atoms with Gasteiger partial charge in [0.25, 0.3) is 0 Å². The molecule has 0 bridgehead atoms. The van der Waals surface area contributed by atoms with E-state index in [9.17, 15) is 0 Å². The van der Waals surface area contributed by atoms with E-state index in [0.29, 0.717) is 5.88 Å². The minimum atomic E-state index is 0.672. The Morgan fingerprint density at radius 3 is 3.00 bits per heavy atom. The molecule has 0 aliphatic heterocycles. The second-order valence-electron chi connectivity index (χ2n) is 2.10. The van der Waals surface area contributed by atoms with Gasteiger partial charge in [-0.15, -0.1) is 0 Å². The lowest BCUT2D eigenvalue weighted by Gasteiger charge is -2.00. The van der Waals surface area contributed by atoms with Gasteiger partial charge in [0.1, 0.15) is 0 Å². The molecule has 0 unspecified atom stereocenters. The summed E-state index contributed by atoms with van der Waals surface area (Å²) in [5, 5.41) is 0. The van der Waals surface area contributed by atoms with Crippen LogP contribution in [0.3, 0.4) is 0 Å². The zero-order chi connectivity index (χ0) is 8.10. The summed E-state index contributed by atoms with van der Waals surface area (Å²) in [7, 11) is 1.62. The molecule has 11 heavy (non-hydrogen) atoms. The van der Waals surface area contributed by atoms with E-state index in [1.165, 1.54) is 0 Å². The molecule has 0 saturated heterocycles. The van der Waals surface area contributed by atoms with Crippen LogP contribution in [0.5, 0.6) is 5.88 Å². The van der Waals surface area contributed by atoms with Gasteiger partial charge >= 0.3 is 0 Å². The Kier molecular flexibility index (Phi) is 2.66. The van der Waals surface area contributed by atoms with Crippen molar-refractivity contribution in [3.63, 3.8) is 0 Å². The van der Waals surface area contributed by atoms with E-state index in [2.05, 4.69) is 4.98 Å². The van der Waals surface area contributed by atoms with Crippen molar-refractivity contribution < 1.29 is 4.74 Å². The van der Waals surface area contributed by atoms with E-state index in [1.54, 1.807) is 13.3 Å². The van der Waals surface area contributed by atoms with Gasteiger partial charge in [0, 0.05) is 11.8 Å². The maximum Gasteiger partial charge on any atom is 0.220 e. The molecule has 58 valence electrons. The number of allylic oxidation sites excluding steroid dienone is 1. The molecule has 1 aromatic heterocycles. The average molecular weight is 149 g/mol. The maximum absolute atomic E-state index is 5.04. The van der Waals surface area contributed by atoms with Crippen molar-refractivity contribution >= 4 is 6.08 Å². The largest absolute Gasteiger partial charge is 0.481 e. The molecular weight excluding hydrogens is 138 g/mol. The van der Waals surface area contributed by atoms with Crippen LogP contribution in [-0.2, 0) is 0 Å². The molecule has 0 saturated carbocycles. The Hall–Kier alpha value is -1.31. The minimum Gasteiger partial charge on any atom is -0.481 e. The van der Waals surface area contributed by atoms with Gasteiger partial charge < -0.3 is 4.74 Å². The van der Waals surface area contributed by atoms with E-state index in [1.807, 2.05) is 31.2 Å². The average Bonchev–Trinajstić information content (AvgIpc) is 2.06. The van der Waals surface area contributed by atoms with Gasteiger partial charge in [0.05, 0.1) is 7.11 Å². The van der Waals surface area contributed by atoms with Crippen LogP contribution in [-0.4, -0.2) is 12.1 Å². The number of ether oxygens (including phenoxy) is 1. The van der Waals surface area contributed by atoms with E-state index >= 15 is 0 Å². The maximum atomic E-state index is 5.04. The number of pyridine rings is 1. The van der Waals surface area contributed by atoms with Crippen molar-refractivity contribution in [1.82, 2.24) is 4.98 Å². The summed E-state index contributed by atoms with van der Waals surface area (Å²) in [5.74, 6) is 0.672. The van der Waals surface area contributed by atoms with Gasteiger partial charge in [-0.3, -0.25) is 0 Å². The fourth-order valence-corrected chi connectivity index (χ4v) is 0.880. The number of hydrogen-bond acceptors (Lipinski definition) is 2. The number of nitrogens with zero attached hydrogens (tertiary/aromatic N) is 1. The molecule has 0 spiro atoms. The van der Waals surface area contributed by atoms with E-state index in [-0.39, 0.29) is 0 Å². The fraction of sp³-hybridized carbons (Fsp3) is 0.222. The zero-order valence-electron chi connectivity index (χ0n) is 6.74. The Bertz CT molecular complexity index is 255. The lowest BCUT2D eigenvalue weighted by atomic mass is 10.2. The van der Waals surface area contributed by atoms with Crippen LogP contribution >= 0.6 is 0 Å². The molecule has 1 rings (SSSR count). The number of methoxy groups -OCH3 is 1. The highest BCUT2D eigenvalue weighted by Crippen LogP contribution is 2.14. The van der Waals surface area contributed by atoms with Crippen molar-refractivity contribution in [3.8, 4) is 5.88 Å². The second-order valence-corrected chi connectivity index (χ2v) is 2.10. The Morgan fingerprint density at radius 1 is 1.55 bits per heavy atom. The van der Waals surface area contributed by atoms with Crippen LogP contribution in [0.25, 0.3) is 6.08 Å². The SMILES string of the molecule is C/C=C/c1cccnc1OC. The first-order valence-electron chi connectivity index (χ1n) is 3.50. The lowest BCUT2D eigenvalue weighted by molar-refractivity contribution is 0.397. The van der Waals surface area contributed by atoms with E-state index in [4.69, 9.17) is 4.74 Å². The Labute approximate surface area is 66.5 Å². The van der Waals surface area contributed by atoms with Crippen LogP contribution in [0, 0.1) is 0 Å². The summed E-state index contributed by atoms with van der Waals surface area (Å²) in [4.78, 5) is 4.04. The number of aromatic nitrogens is 1. The van der Waals surface area contributed by atoms with Gasteiger partial charge in [-0.05, 0) is 19.1 Å². The Balaban J connectivity index is 3.02. The molecule has 0 atom stereocenters. The highest BCUT2D eigenvalue weighted by Gasteiger charge is 1.96. The van der Waals surface area contributed by atoms with Gasteiger partial charge in [-0.1, -0.05) is 12.2 Å². The molecule has 0 aliphatic rings. The highest BCUT2D eigenvalue weighted by atomic mass is 16.5. The zero-order valence-corrected chi connectivity index (χ0v) is 6.74. The van der Waals surface area contributed by atoms with Gasteiger partial charge in [-0.2, -0.15) is 0 Å². The first-order chi connectivity index (χ1) is 5.38. The number of hydrogen-bond donors (Lipinski definition) is 0. The minimum absolute atomic E-state index is 0.672. The van der Waals surface area contributed by atoms with Crippen LogP contribution in [0.2, 0.25) is 0 Å². The third-order valence-corrected chi connectivity index (χ3v) is 1.34. The van der Waals surface area contributed by atoms with Crippen LogP contribution in [0.15, 0.2) is 24.4 Å². The third kappa shape index (κ3) is 1.80. The molecule has 1 aromatic rings. The Morgan fingerprint density at radius 2 is 2.36 bits per heavy atom. The van der Waals surface area contributed by atoms with Crippen molar-refractivity contribution in [2.24, 2.45) is 0 Å². The number of rotatable bonds is 2. The predicted molar refractivity (Wildman–Crippen MR) is 45.5 cm³/mol. The molecule has 0 aromatic carbocycles. The highest BCUT2D eigenvalue weighted by molar-refractivity contribution is 5.53. The lowest BCUT2D eigenvalue weighted by Crippen LogP contribution is -1.89. The first-order valence-corrected chi connectivity index (χ1v) is 3.50. The standard InChI is InChI=1S/C9H11NO/c1-3-5-8-6-4-7-10-9(8)11-2/h3-7H,1-2H3/b5-3+. The summed E-state index contributed by atoms with van der Waals surface area (Å²) in [6.45, 7) is 1.96. The monoisotopic (exact) mass is 149 g/mol.